The van der Waals surface area contributed by atoms with Crippen LogP contribution in [0.3, 0.4) is 0 Å². The Morgan fingerprint density at radius 2 is 1.79 bits per heavy atom. The molecule has 0 heterocycles. The Bertz CT molecular complexity index is 592. The average molecular weight is 344 g/mol. The molecule has 0 aliphatic rings. The molecule has 0 saturated carbocycles. The van der Waals surface area contributed by atoms with Gasteiger partial charge in [0.05, 0.1) is 11.6 Å². The maximum Gasteiger partial charge on any atom is 0.416 e. The Kier molecular flexibility index (Phi) is 6.40. The summed E-state index contributed by atoms with van der Waals surface area (Å²) in [6.45, 7) is 7.08. The summed E-state index contributed by atoms with van der Waals surface area (Å²) in [5, 5.41) is 5.28. The molecule has 0 bridgehead atoms. The second-order valence-electron chi connectivity index (χ2n) is 6.67. The van der Waals surface area contributed by atoms with Crippen molar-refractivity contribution in [1.82, 2.24) is 10.6 Å². The minimum Gasteiger partial charge on any atom is -0.355 e. The number of halogens is 3. The summed E-state index contributed by atoms with van der Waals surface area (Å²) in [6, 6.07) is 4.29. The molecule has 0 saturated heterocycles. The number of carbonyl (C=O) groups excluding carboxylic acids is 2. The molecule has 2 amide bonds. The number of nitrogens with one attached hydrogen (secondary N) is 2. The predicted molar refractivity (Wildman–Crippen MR) is 85.1 cm³/mol. The summed E-state index contributed by atoms with van der Waals surface area (Å²) >= 11 is 0. The normalized spacial score (nSPS) is 13.3. The number of amides is 2. The van der Waals surface area contributed by atoms with Crippen LogP contribution in [0, 0.1) is 5.41 Å². The molecule has 0 aliphatic heterocycles. The summed E-state index contributed by atoms with van der Waals surface area (Å²) in [4.78, 5) is 23.5. The van der Waals surface area contributed by atoms with Crippen molar-refractivity contribution in [3.05, 3.63) is 35.4 Å². The first-order chi connectivity index (χ1) is 10.9. The molecule has 134 valence electrons. The van der Waals surface area contributed by atoms with E-state index in [0.29, 0.717) is 5.56 Å². The van der Waals surface area contributed by atoms with E-state index < -0.39 is 23.2 Å². The second-order valence-corrected chi connectivity index (χ2v) is 6.67. The molecule has 1 aromatic carbocycles. The highest BCUT2D eigenvalue weighted by molar-refractivity contribution is 5.82. The van der Waals surface area contributed by atoms with Crippen LogP contribution in [0.2, 0.25) is 0 Å². The molecule has 1 aromatic rings. The van der Waals surface area contributed by atoms with Crippen LogP contribution in [0.25, 0.3) is 0 Å². The Hall–Kier alpha value is -2.05. The van der Waals surface area contributed by atoms with Gasteiger partial charge in [0, 0.05) is 18.4 Å². The van der Waals surface area contributed by atoms with E-state index >= 15 is 0 Å². The maximum atomic E-state index is 12.7. The lowest BCUT2D eigenvalue weighted by Crippen LogP contribution is -2.37. The topological polar surface area (TPSA) is 58.2 Å². The number of carbonyl (C=O) groups is 2. The van der Waals surface area contributed by atoms with Crippen molar-refractivity contribution in [3.63, 3.8) is 0 Å². The lowest BCUT2D eigenvalue weighted by atomic mass is 9.96. The monoisotopic (exact) mass is 344 g/mol. The number of rotatable bonds is 5. The summed E-state index contributed by atoms with van der Waals surface area (Å²) in [5.74, 6) is -0.504. The summed E-state index contributed by atoms with van der Waals surface area (Å²) < 4.78 is 38.1. The lowest BCUT2D eigenvalue weighted by molar-refractivity contribution is -0.137. The largest absolute Gasteiger partial charge is 0.416 e. The Balaban J connectivity index is 2.54. The molecule has 7 heteroatoms. The fourth-order valence-electron chi connectivity index (χ4n) is 1.94. The van der Waals surface area contributed by atoms with Crippen LogP contribution in [-0.2, 0) is 15.8 Å². The van der Waals surface area contributed by atoms with Gasteiger partial charge in [0.2, 0.25) is 11.8 Å². The number of alkyl halides is 3. The van der Waals surface area contributed by atoms with Gasteiger partial charge in [-0.15, -0.1) is 0 Å². The SMILES string of the molecule is CC(NC(=O)CCNC(=O)C(C)(C)C)c1cccc(C(F)(F)F)c1. The minimum atomic E-state index is -4.42. The van der Waals surface area contributed by atoms with E-state index in [1.165, 1.54) is 12.1 Å². The standard InChI is InChI=1S/C17H23F3N2O2/c1-11(12-6-5-7-13(10-12)17(18,19)20)22-14(23)8-9-21-15(24)16(2,3)4/h5-7,10-11H,8-9H2,1-4H3,(H,21,24)(H,22,23). The molecule has 0 aliphatic carbocycles. The average Bonchev–Trinajstić information content (AvgIpc) is 2.45. The lowest BCUT2D eigenvalue weighted by Gasteiger charge is -2.18. The van der Waals surface area contributed by atoms with Crippen molar-refractivity contribution in [2.45, 2.75) is 46.3 Å². The van der Waals surface area contributed by atoms with Gasteiger partial charge in [0.1, 0.15) is 0 Å². The van der Waals surface area contributed by atoms with Crippen LogP contribution >= 0.6 is 0 Å². The van der Waals surface area contributed by atoms with Crippen molar-refractivity contribution < 1.29 is 22.8 Å². The molecule has 0 aromatic heterocycles. The van der Waals surface area contributed by atoms with Gasteiger partial charge in [-0.3, -0.25) is 9.59 Å². The maximum absolute atomic E-state index is 12.7. The van der Waals surface area contributed by atoms with Crippen LogP contribution < -0.4 is 10.6 Å². The zero-order valence-corrected chi connectivity index (χ0v) is 14.3. The van der Waals surface area contributed by atoms with Gasteiger partial charge >= 0.3 is 6.18 Å². The molecule has 4 nitrogen and oxygen atoms in total. The van der Waals surface area contributed by atoms with Crippen molar-refractivity contribution in [2.75, 3.05) is 6.54 Å². The molecule has 0 spiro atoms. The number of hydrogen-bond donors (Lipinski definition) is 2. The van der Waals surface area contributed by atoms with Crippen LogP contribution in [0.1, 0.15) is 51.3 Å². The van der Waals surface area contributed by atoms with Crippen molar-refractivity contribution in [1.29, 1.82) is 0 Å². The molecular formula is C17H23F3N2O2. The van der Waals surface area contributed by atoms with Gasteiger partial charge in [-0.05, 0) is 24.6 Å². The van der Waals surface area contributed by atoms with Crippen LogP contribution in [0.15, 0.2) is 24.3 Å². The van der Waals surface area contributed by atoms with Crippen LogP contribution in [0.5, 0.6) is 0 Å². The third-order valence-electron chi connectivity index (χ3n) is 3.41. The molecule has 24 heavy (non-hydrogen) atoms. The van der Waals surface area contributed by atoms with Crippen LogP contribution in [0.4, 0.5) is 13.2 Å². The molecule has 0 radical (unpaired) electrons. The van der Waals surface area contributed by atoms with E-state index in [1.54, 1.807) is 27.7 Å². The fourth-order valence-corrected chi connectivity index (χ4v) is 1.94. The smallest absolute Gasteiger partial charge is 0.355 e. The quantitative estimate of drug-likeness (QED) is 0.860. The van der Waals surface area contributed by atoms with Crippen LogP contribution in [-0.4, -0.2) is 18.4 Å². The van der Waals surface area contributed by atoms with Crippen molar-refractivity contribution in [3.8, 4) is 0 Å². The van der Waals surface area contributed by atoms with Gasteiger partial charge in [-0.25, -0.2) is 0 Å². The first-order valence-electron chi connectivity index (χ1n) is 7.66. The third kappa shape index (κ3) is 6.22. The summed E-state index contributed by atoms with van der Waals surface area (Å²) in [7, 11) is 0. The van der Waals surface area contributed by atoms with E-state index in [2.05, 4.69) is 10.6 Å². The molecule has 1 unspecified atom stereocenters. The minimum absolute atomic E-state index is 0.0606. The number of benzene rings is 1. The highest BCUT2D eigenvalue weighted by Crippen LogP contribution is 2.30. The van der Waals surface area contributed by atoms with Crippen molar-refractivity contribution >= 4 is 11.8 Å². The summed E-state index contributed by atoms with van der Waals surface area (Å²) in [6.07, 6.45) is -4.36. The van der Waals surface area contributed by atoms with E-state index in [9.17, 15) is 22.8 Å². The molecule has 0 fully saturated rings. The predicted octanol–water partition coefficient (Wildman–Crippen LogP) is 3.44. The molecule has 1 atom stereocenters. The van der Waals surface area contributed by atoms with E-state index in [4.69, 9.17) is 0 Å². The van der Waals surface area contributed by atoms with Gasteiger partial charge in [0.25, 0.3) is 0 Å². The highest BCUT2D eigenvalue weighted by Gasteiger charge is 2.30. The highest BCUT2D eigenvalue weighted by atomic mass is 19.4. The zero-order chi connectivity index (χ0) is 18.5. The third-order valence-corrected chi connectivity index (χ3v) is 3.41. The Morgan fingerprint density at radius 1 is 1.17 bits per heavy atom. The first-order valence-corrected chi connectivity index (χ1v) is 7.66. The van der Waals surface area contributed by atoms with E-state index in [1.807, 2.05) is 0 Å². The first kappa shape index (κ1) is 20.0. The van der Waals surface area contributed by atoms with Crippen molar-refractivity contribution in [2.24, 2.45) is 5.41 Å². The fraction of sp³-hybridized carbons (Fsp3) is 0.529. The zero-order valence-electron chi connectivity index (χ0n) is 14.3. The van der Waals surface area contributed by atoms with Gasteiger partial charge < -0.3 is 10.6 Å². The second kappa shape index (κ2) is 7.68. The molecule has 2 N–H and O–H groups in total. The number of hydrogen-bond acceptors (Lipinski definition) is 2. The van der Waals surface area contributed by atoms with Gasteiger partial charge in [-0.2, -0.15) is 13.2 Å². The molecule has 1 rings (SSSR count). The van der Waals surface area contributed by atoms with Gasteiger partial charge in [0.15, 0.2) is 0 Å². The van der Waals surface area contributed by atoms with E-state index in [-0.39, 0.29) is 24.8 Å². The van der Waals surface area contributed by atoms with E-state index in [0.717, 1.165) is 12.1 Å². The Morgan fingerprint density at radius 3 is 2.33 bits per heavy atom. The summed E-state index contributed by atoms with van der Waals surface area (Å²) in [5.41, 5.74) is -0.919. The Labute approximate surface area is 139 Å². The van der Waals surface area contributed by atoms with Gasteiger partial charge in [-0.1, -0.05) is 32.9 Å². The molecular weight excluding hydrogens is 321 g/mol.